The third-order valence-corrected chi connectivity index (χ3v) is 3.86. The van der Waals surface area contributed by atoms with Crippen molar-refractivity contribution in [2.75, 3.05) is 0 Å². The second-order valence-corrected chi connectivity index (χ2v) is 6.04. The van der Waals surface area contributed by atoms with E-state index in [0.717, 1.165) is 16.6 Å². The van der Waals surface area contributed by atoms with Crippen LogP contribution in [0, 0.1) is 5.82 Å². The van der Waals surface area contributed by atoms with Crippen LogP contribution in [0.1, 0.15) is 19.4 Å². The molecular formula is C18H18FN3O. The minimum absolute atomic E-state index is 0.123. The predicted molar refractivity (Wildman–Crippen MR) is 87.3 cm³/mol. The van der Waals surface area contributed by atoms with Crippen molar-refractivity contribution in [2.45, 2.75) is 25.9 Å². The first-order valence-electron chi connectivity index (χ1n) is 7.43. The number of rotatable bonds is 4. The molecule has 3 aromatic rings. The summed E-state index contributed by atoms with van der Waals surface area (Å²) >= 11 is 0. The largest absolute Gasteiger partial charge is 0.346 e. The van der Waals surface area contributed by atoms with E-state index in [1.54, 1.807) is 18.5 Å². The first kappa shape index (κ1) is 15.2. The van der Waals surface area contributed by atoms with Crippen LogP contribution in [0.2, 0.25) is 0 Å². The van der Waals surface area contributed by atoms with Gasteiger partial charge in [-0.15, -0.1) is 0 Å². The minimum atomic E-state index is -0.582. The highest BCUT2D eigenvalue weighted by molar-refractivity contribution is 5.81. The van der Waals surface area contributed by atoms with Crippen LogP contribution in [0.4, 0.5) is 4.39 Å². The maximum atomic E-state index is 13.0. The van der Waals surface area contributed by atoms with Gasteiger partial charge in [0.1, 0.15) is 12.4 Å². The Morgan fingerprint density at radius 3 is 2.61 bits per heavy atom. The third-order valence-electron chi connectivity index (χ3n) is 3.86. The molecule has 0 saturated carbocycles. The van der Waals surface area contributed by atoms with Gasteiger partial charge in [0.25, 0.3) is 0 Å². The Kier molecular flexibility index (Phi) is 3.86. The molecule has 0 radical (unpaired) electrons. The van der Waals surface area contributed by atoms with Gasteiger partial charge in [-0.1, -0.05) is 24.3 Å². The normalized spacial score (nSPS) is 11.6. The van der Waals surface area contributed by atoms with Gasteiger partial charge < -0.3 is 9.88 Å². The highest BCUT2D eigenvalue weighted by Crippen LogP contribution is 2.20. The molecule has 0 unspecified atom stereocenters. The number of hydrogen-bond donors (Lipinski definition) is 1. The fourth-order valence-corrected chi connectivity index (χ4v) is 2.62. The average molecular weight is 311 g/mol. The summed E-state index contributed by atoms with van der Waals surface area (Å²) in [5, 5.41) is 2.99. The van der Waals surface area contributed by atoms with Crippen LogP contribution in [0.25, 0.3) is 11.0 Å². The average Bonchev–Trinajstić information content (AvgIpc) is 2.90. The van der Waals surface area contributed by atoms with Crippen molar-refractivity contribution in [1.29, 1.82) is 0 Å². The van der Waals surface area contributed by atoms with Gasteiger partial charge in [0.2, 0.25) is 5.91 Å². The maximum Gasteiger partial charge on any atom is 0.240 e. The molecule has 0 bridgehead atoms. The van der Waals surface area contributed by atoms with E-state index < -0.39 is 5.54 Å². The SMILES string of the molecule is CC(C)(NC(=O)Cn1cnc2ccccc21)c1ccc(F)cc1. The van der Waals surface area contributed by atoms with Gasteiger partial charge in [0, 0.05) is 0 Å². The van der Waals surface area contributed by atoms with Crippen molar-refractivity contribution < 1.29 is 9.18 Å². The molecule has 118 valence electrons. The van der Waals surface area contributed by atoms with E-state index in [-0.39, 0.29) is 18.3 Å². The summed E-state index contributed by atoms with van der Waals surface area (Å²) in [7, 11) is 0. The number of nitrogens with one attached hydrogen (secondary N) is 1. The van der Waals surface area contributed by atoms with Crippen LogP contribution in [0.5, 0.6) is 0 Å². The molecule has 0 atom stereocenters. The van der Waals surface area contributed by atoms with Gasteiger partial charge in [-0.05, 0) is 43.7 Å². The zero-order valence-electron chi connectivity index (χ0n) is 13.1. The van der Waals surface area contributed by atoms with Gasteiger partial charge in [-0.2, -0.15) is 0 Å². The molecule has 1 N–H and O–H groups in total. The van der Waals surface area contributed by atoms with Crippen LogP contribution in [-0.4, -0.2) is 15.5 Å². The number of aromatic nitrogens is 2. The summed E-state index contributed by atoms with van der Waals surface area (Å²) in [5.41, 5.74) is 2.05. The zero-order chi connectivity index (χ0) is 16.4. The molecule has 5 heteroatoms. The van der Waals surface area contributed by atoms with Crippen molar-refractivity contribution in [2.24, 2.45) is 0 Å². The quantitative estimate of drug-likeness (QED) is 0.804. The number of para-hydroxylation sites is 2. The molecule has 4 nitrogen and oxygen atoms in total. The second kappa shape index (κ2) is 5.83. The number of hydrogen-bond acceptors (Lipinski definition) is 2. The molecule has 0 spiro atoms. The highest BCUT2D eigenvalue weighted by atomic mass is 19.1. The lowest BCUT2D eigenvalue weighted by Crippen LogP contribution is -2.42. The van der Waals surface area contributed by atoms with Gasteiger partial charge >= 0.3 is 0 Å². The lowest BCUT2D eigenvalue weighted by Gasteiger charge is -2.27. The summed E-state index contributed by atoms with van der Waals surface area (Å²) in [6.07, 6.45) is 1.66. The smallest absolute Gasteiger partial charge is 0.240 e. The van der Waals surface area contributed by atoms with E-state index in [9.17, 15) is 9.18 Å². The summed E-state index contributed by atoms with van der Waals surface area (Å²) in [5.74, 6) is -0.414. The molecule has 0 aliphatic heterocycles. The fraction of sp³-hybridized carbons (Fsp3) is 0.222. The molecule has 0 saturated heterocycles. The predicted octanol–water partition coefficient (Wildman–Crippen LogP) is 3.23. The summed E-state index contributed by atoms with van der Waals surface area (Å²) in [6, 6.07) is 13.8. The molecule has 1 amide bonds. The highest BCUT2D eigenvalue weighted by Gasteiger charge is 2.23. The summed E-state index contributed by atoms with van der Waals surface area (Å²) in [4.78, 5) is 16.7. The Balaban J connectivity index is 1.74. The number of carbonyl (C=O) groups excluding carboxylic acids is 1. The van der Waals surface area contributed by atoms with Crippen LogP contribution in [0.15, 0.2) is 54.9 Å². The summed E-state index contributed by atoms with van der Waals surface area (Å²) in [6.45, 7) is 3.97. The lowest BCUT2D eigenvalue weighted by molar-refractivity contribution is -0.123. The minimum Gasteiger partial charge on any atom is -0.346 e. The summed E-state index contributed by atoms with van der Waals surface area (Å²) < 4.78 is 14.9. The number of benzene rings is 2. The molecular weight excluding hydrogens is 293 g/mol. The van der Waals surface area contributed by atoms with E-state index in [0.29, 0.717) is 0 Å². The van der Waals surface area contributed by atoms with Crippen molar-refractivity contribution >= 4 is 16.9 Å². The monoisotopic (exact) mass is 311 g/mol. The topological polar surface area (TPSA) is 46.9 Å². The van der Waals surface area contributed by atoms with E-state index >= 15 is 0 Å². The maximum absolute atomic E-state index is 13.0. The van der Waals surface area contributed by atoms with Crippen LogP contribution >= 0.6 is 0 Å². The van der Waals surface area contributed by atoms with E-state index in [4.69, 9.17) is 0 Å². The first-order chi connectivity index (χ1) is 11.0. The van der Waals surface area contributed by atoms with Crippen molar-refractivity contribution in [3.8, 4) is 0 Å². The number of amides is 1. The van der Waals surface area contributed by atoms with Gasteiger partial charge in [-0.25, -0.2) is 9.37 Å². The molecule has 0 aliphatic rings. The van der Waals surface area contributed by atoms with E-state index in [2.05, 4.69) is 10.3 Å². The Morgan fingerprint density at radius 1 is 1.17 bits per heavy atom. The molecule has 3 rings (SSSR count). The molecule has 0 aliphatic carbocycles. The molecule has 0 fully saturated rings. The zero-order valence-corrected chi connectivity index (χ0v) is 13.1. The molecule has 2 aromatic carbocycles. The number of halogens is 1. The standard InChI is InChI=1S/C18H18FN3O/c1-18(2,13-7-9-14(19)10-8-13)21-17(23)11-22-12-20-15-5-3-4-6-16(15)22/h3-10,12H,11H2,1-2H3,(H,21,23). The van der Waals surface area contributed by atoms with Gasteiger partial charge in [0.05, 0.1) is 22.9 Å². The Labute approximate surface area is 134 Å². The van der Waals surface area contributed by atoms with Crippen LogP contribution in [-0.2, 0) is 16.9 Å². The first-order valence-corrected chi connectivity index (χ1v) is 7.43. The van der Waals surface area contributed by atoms with Crippen molar-refractivity contribution in [3.05, 3.63) is 66.2 Å². The van der Waals surface area contributed by atoms with Crippen LogP contribution in [0.3, 0.4) is 0 Å². The van der Waals surface area contributed by atoms with E-state index in [1.807, 2.05) is 42.7 Å². The number of carbonyl (C=O) groups is 1. The van der Waals surface area contributed by atoms with E-state index in [1.165, 1.54) is 12.1 Å². The Bertz CT molecular complexity index is 837. The van der Waals surface area contributed by atoms with Gasteiger partial charge in [0.15, 0.2) is 0 Å². The fourth-order valence-electron chi connectivity index (χ4n) is 2.62. The molecule has 1 heterocycles. The van der Waals surface area contributed by atoms with Gasteiger partial charge in [-0.3, -0.25) is 4.79 Å². The van der Waals surface area contributed by atoms with Crippen LogP contribution < -0.4 is 5.32 Å². The lowest BCUT2D eigenvalue weighted by atomic mass is 9.94. The molecule has 23 heavy (non-hydrogen) atoms. The third kappa shape index (κ3) is 3.23. The number of fused-ring (bicyclic) bond motifs is 1. The Morgan fingerprint density at radius 2 is 1.87 bits per heavy atom. The molecule has 1 aromatic heterocycles. The van der Waals surface area contributed by atoms with Crippen molar-refractivity contribution in [3.63, 3.8) is 0 Å². The Hall–Kier alpha value is -2.69. The number of nitrogens with zero attached hydrogens (tertiary/aromatic N) is 2. The van der Waals surface area contributed by atoms with Crippen molar-refractivity contribution in [1.82, 2.24) is 14.9 Å². The number of imidazole rings is 1. The second-order valence-electron chi connectivity index (χ2n) is 6.04.